The molecule has 0 unspecified atom stereocenters. The number of halogens is 1. The van der Waals surface area contributed by atoms with Gasteiger partial charge in [0.15, 0.2) is 5.69 Å². The summed E-state index contributed by atoms with van der Waals surface area (Å²) in [5.74, 6) is 0.139. The summed E-state index contributed by atoms with van der Waals surface area (Å²) in [5.41, 5.74) is 1.38. The van der Waals surface area contributed by atoms with E-state index < -0.39 is 0 Å². The van der Waals surface area contributed by atoms with Crippen LogP contribution in [0.25, 0.3) is 10.8 Å². The first-order valence-electron chi connectivity index (χ1n) is 10.7. The second-order valence-corrected chi connectivity index (χ2v) is 8.91. The Morgan fingerprint density at radius 2 is 1.74 bits per heavy atom. The molecule has 0 bridgehead atoms. The van der Waals surface area contributed by atoms with Gasteiger partial charge in [-0.15, -0.1) is 0 Å². The zero-order valence-electron chi connectivity index (χ0n) is 17.9. The van der Waals surface area contributed by atoms with Crippen LogP contribution in [0.5, 0.6) is 0 Å². The normalized spacial score (nSPS) is 15.0. The maximum absolute atomic E-state index is 13.4. The third-order valence-corrected chi connectivity index (χ3v) is 5.80. The van der Waals surface area contributed by atoms with Crippen molar-refractivity contribution in [3.8, 4) is 0 Å². The molecule has 1 fully saturated rings. The monoisotopic (exact) mass is 438 g/mol. The van der Waals surface area contributed by atoms with Gasteiger partial charge in [0.25, 0.3) is 11.5 Å². The molecular weight excluding hydrogens is 412 g/mol. The molecule has 0 saturated carbocycles. The van der Waals surface area contributed by atoms with Crippen molar-refractivity contribution in [1.82, 2.24) is 19.6 Å². The highest BCUT2D eigenvalue weighted by atomic mass is 35.5. The zero-order valence-corrected chi connectivity index (χ0v) is 18.7. The molecule has 6 nitrogen and oxygen atoms in total. The fourth-order valence-corrected chi connectivity index (χ4v) is 4.23. The molecule has 162 valence electrons. The molecule has 1 aliphatic rings. The number of rotatable bonds is 5. The second-order valence-electron chi connectivity index (χ2n) is 8.47. The van der Waals surface area contributed by atoms with Crippen LogP contribution in [-0.2, 0) is 13.1 Å². The van der Waals surface area contributed by atoms with Gasteiger partial charge in [0.2, 0.25) is 0 Å². The van der Waals surface area contributed by atoms with Gasteiger partial charge in [0.05, 0.1) is 5.39 Å². The van der Waals surface area contributed by atoms with Crippen LogP contribution in [0.4, 0.5) is 0 Å². The molecule has 0 atom stereocenters. The number of nitrogens with zero attached hydrogens (tertiary/aromatic N) is 4. The number of fused-ring (bicyclic) bond motifs is 1. The van der Waals surface area contributed by atoms with Gasteiger partial charge in [0, 0.05) is 49.7 Å². The number of benzene rings is 2. The van der Waals surface area contributed by atoms with E-state index in [0.717, 1.165) is 24.7 Å². The van der Waals surface area contributed by atoms with Crippen molar-refractivity contribution in [1.29, 1.82) is 0 Å². The molecule has 1 amide bonds. The van der Waals surface area contributed by atoms with Gasteiger partial charge in [-0.3, -0.25) is 14.5 Å². The Kier molecular flexibility index (Phi) is 6.39. The first-order valence-corrected chi connectivity index (χ1v) is 11.1. The highest BCUT2D eigenvalue weighted by Crippen LogP contribution is 2.18. The second kappa shape index (κ2) is 9.20. The van der Waals surface area contributed by atoms with E-state index in [-0.39, 0.29) is 17.4 Å². The third kappa shape index (κ3) is 4.81. The first kappa shape index (κ1) is 21.5. The number of aromatic nitrogens is 2. The summed E-state index contributed by atoms with van der Waals surface area (Å²) in [4.78, 5) is 30.4. The SMILES string of the molecule is CC(C)Cn1nc(C(=O)N2CCN(Cc3cccc(Cl)c3)CC2)c2ccccc2c1=O. The van der Waals surface area contributed by atoms with Crippen molar-refractivity contribution in [3.05, 3.63) is 75.2 Å². The molecule has 0 spiro atoms. The fourth-order valence-electron chi connectivity index (χ4n) is 4.02. The van der Waals surface area contributed by atoms with Crippen molar-refractivity contribution in [3.63, 3.8) is 0 Å². The van der Waals surface area contributed by atoms with Crippen LogP contribution in [0.1, 0.15) is 29.9 Å². The van der Waals surface area contributed by atoms with Gasteiger partial charge >= 0.3 is 0 Å². The van der Waals surface area contributed by atoms with E-state index >= 15 is 0 Å². The van der Waals surface area contributed by atoms with Crippen LogP contribution in [0.3, 0.4) is 0 Å². The topological polar surface area (TPSA) is 58.4 Å². The van der Waals surface area contributed by atoms with E-state index in [1.54, 1.807) is 6.07 Å². The molecule has 31 heavy (non-hydrogen) atoms. The summed E-state index contributed by atoms with van der Waals surface area (Å²) in [5, 5.41) is 6.40. The minimum absolute atomic E-state index is 0.115. The lowest BCUT2D eigenvalue weighted by atomic mass is 10.1. The first-order chi connectivity index (χ1) is 14.9. The van der Waals surface area contributed by atoms with Crippen molar-refractivity contribution < 1.29 is 4.79 Å². The molecule has 1 aliphatic heterocycles. The number of carbonyl (C=O) groups is 1. The van der Waals surface area contributed by atoms with Gasteiger partial charge < -0.3 is 4.90 Å². The molecule has 7 heteroatoms. The third-order valence-electron chi connectivity index (χ3n) is 5.56. The number of piperazine rings is 1. The maximum atomic E-state index is 13.4. The average Bonchev–Trinajstić information content (AvgIpc) is 2.75. The predicted octanol–water partition coefficient (Wildman–Crippen LogP) is 3.66. The van der Waals surface area contributed by atoms with Crippen LogP contribution in [-0.4, -0.2) is 51.7 Å². The van der Waals surface area contributed by atoms with Gasteiger partial charge in [0.1, 0.15) is 0 Å². The van der Waals surface area contributed by atoms with Crippen LogP contribution in [0.15, 0.2) is 53.3 Å². The molecule has 3 aromatic rings. The Labute approximate surface area is 187 Å². The summed E-state index contributed by atoms with van der Waals surface area (Å²) in [6.45, 7) is 8.16. The largest absolute Gasteiger partial charge is 0.335 e. The summed E-state index contributed by atoms with van der Waals surface area (Å²) >= 11 is 6.10. The quantitative estimate of drug-likeness (QED) is 0.610. The van der Waals surface area contributed by atoms with Gasteiger partial charge in [-0.1, -0.05) is 55.8 Å². The molecule has 1 aromatic heterocycles. The average molecular weight is 439 g/mol. The summed E-state index contributed by atoms with van der Waals surface area (Å²) in [6, 6.07) is 15.1. The smallest absolute Gasteiger partial charge is 0.275 e. The molecule has 4 rings (SSSR count). The summed E-state index contributed by atoms with van der Waals surface area (Å²) < 4.78 is 1.44. The Morgan fingerprint density at radius 3 is 2.42 bits per heavy atom. The molecule has 0 radical (unpaired) electrons. The van der Waals surface area contributed by atoms with Gasteiger partial charge in [-0.25, -0.2) is 4.68 Å². The van der Waals surface area contributed by atoms with Crippen molar-refractivity contribution in [2.75, 3.05) is 26.2 Å². The Balaban J connectivity index is 1.53. The summed E-state index contributed by atoms with van der Waals surface area (Å²) in [6.07, 6.45) is 0. The van der Waals surface area contributed by atoms with E-state index in [0.29, 0.717) is 36.1 Å². The molecule has 0 aliphatic carbocycles. The van der Waals surface area contributed by atoms with Crippen molar-refractivity contribution >= 4 is 28.3 Å². The number of amides is 1. The fraction of sp³-hybridized carbons (Fsp3) is 0.375. The van der Waals surface area contributed by atoms with Crippen molar-refractivity contribution in [2.45, 2.75) is 26.9 Å². The van der Waals surface area contributed by atoms with Crippen LogP contribution in [0, 0.1) is 5.92 Å². The lowest BCUT2D eigenvalue weighted by Gasteiger charge is -2.34. The maximum Gasteiger partial charge on any atom is 0.275 e. The molecule has 2 heterocycles. The lowest BCUT2D eigenvalue weighted by molar-refractivity contribution is 0.0622. The van der Waals surface area contributed by atoms with E-state index in [1.165, 1.54) is 10.2 Å². The number of hydrogen-bond donors (Lipinski definition) is 0. The highest BCUT2D eigenvalue weighted by molar-refractivity contribution is 6.30. The van der Waals surface area contributed by atoms with Crippen LogP contribution < -0.4 is 5.56 Å². The minimum Gasteiger partial charge on any atom is -0.335 e. The highest BCUT2D eigenvalue weighted by Gasteiger charge is 2.26. The number of carbonyl (C=O) groups excluding carboxylic acids is 1. The standard InChI is InChI=1S/C24H27ClN4O2/c1-17(2)15-29-23(30)21-9-4-3-8-20(21)22(26-29)24(31)28-12-10-27(11-13-28)16-18-6-5-7-19(25)14-18/h3-9,14,17H,10-13,15-16H2,1-2H3. The van der Waals surface area contributed by atoms with Gasteiger partial charge in [-0.2, -0.15) is 5.10 Å². The zero-order chi connectivity index (χ0) is 22.0. The molecule has 2 aromatic carbocycles. The lowest BCUT2D eigenvalue weighted by Crippen LogP contribution is -2.48. The van der Waals surface area contributed by atoms with E-state index in [4.69, 9.17) is 11.6 Å². The summed E-state index contributed by atoms with van der Waals surface area (Å²) in [7, 11) is 0. The van der Waals surface area contributed by atoms with Crippen LogP contribution >= 0.6 is 11.6 Å². The molecule has 1 saturated heterocycles. The Hall–Kier alpha value is -2.70. The van der Waals surface area contributed by atoms with Crippen molar-refractivity contribution in [2.24, 2.45) is 5.92 Å². The molecular formula is C24H27ClN4O2. The van der Waals surface area contributed by atoms with E-state index in [9.17, 15) is 9.59 Å². The minimum atomic E-state index is -0.146. The van der Waals surface area contributed by atoms with Gasteiger partial charge in [-0.05, 0) is 29.7 Å². The Bertz CT molecular complexity index is 1150. The predicted molar refractivity (Wildman–Crippen MR) is 123 cm³/mol. The molecule has 0 N–H and O–H groups in total. The Morgan fingerprint density at radius 1 is 1.03 bits per heavy atom. The number of hydrogen-bond acceptors (Lipinski definition) is 4. The van der Waals surface area contributed by atoms with E-state index in [1.807, 2.05) is 55.1 Å². The van der Waals surface area contributed by atoms with Crippen LogP contribution in [0.2, 0.25) is 5.02 Å². The van der Waals surface area contributed by atoms with E-state index in [2.05, 4.69) is 16.1 Å².